The third-order valence-corrected chi connectivity index (χ3v) is 3.50. The van der Waals surface area contributed by atoms with Gasteiger partial charge in [0.2, 0.25) is 0 Å². The van der Waals surface area contributed by atoms with Crippen molar-refractivity contribution in [1.82, 2.24) is 5.32 Å². The van der Waals surface area contributed by atoms with Gasteiger partial charge in [-0.15, -0.1) is 0 Å². The zero-order valence-electron chi connectivity index (χ0n) is 13.3. The van der Waals surface area contributed by atoms with Gasteiger partial charge >= 0.3 is 0 Å². The number of nitrogens with one attached hydrogen (secondary N) is 1. The first-order valence-electron chi connectivity index (χ1n) is 8.30. The molecule has 0 atom stereocenters. The zero-order chi connectivity index (χ0) is 14.5. The second-order valence-electron chi connectivity index (χ2n) is 5.40. The maximum atomic E-state index is 5.85. The van der Waals surface area contributed by atoms with Crippen molar-refractivity contribution in [2.45, 2.75) is 65.3 Å². The maximum absolute atomic E-state index is 5.85. The van der Waals surface area contributed by atoms with Crippen LogP contribution in [-0.4, -0.2) is 13.2 Å². The predicted molar refractivity (Wildman–Crippen MR) is 87.3 cm³/mol. The normalized spacial score (nSPS) is 10.7. The summed E-state index contributed by atoms with van der Waals surface area (Å²) in [6, 6.07) is 8.37. The van der Waals surface area contributed by atoms with Crippen LogP contribution in [0.1, 0.15) is 64.4 Å². The Hall–Kier alpha value is -1.02. The highest BCUT2D eigenvalue weighted by atomic mass is 16.5. The van der Waals surface area contributed by atoms with Crippen molar-refractivity contribution in [3.05, 3.63) is 29.8 Å². The first kappa shape index (κ1) is 17.0. The van der Waals surface area contributed by atoms with Gasteiger partial charge in [-0.3, -0.25) is 0 Å². The highest BCUT2D eigenvalue weighted by Gasteiger charge is 2.02. The molecule has 0 radical (unpaired) electrons. The molecule has 0 aliphatic heterocycles. The van der Waals surface area contributed by atoms with E-state index in [1.807, 2.05) is 0 Å². The Kier molecular flexibility index (Phi) is 10.0. The van der Waals surface area contributed by atoms with E-state index in [0.717, 1.165) is 31.9 Å². The average Bonchev–Trinajstić information content (AvgIpc) is 2.48. The lowest BCUT2D eigenvalue weighted by atomic mass is 10.1. The summed E-state index contributed by atoms with van der Waals surface area (Å²) in [6.07, 6.45) is 8.98. The highest BCUT2D eigenvalue weighted by molar-refractivity contribution is 5.33. The predicted octanol–water partition coefficient (Wildman–Crippen LogP) is 4.93. The van der Waals surface area contributed by atoms with Crippen LogP contribution in [0.25, 0.3) is 0 Å². The summed E-state index contributed by atoms with van der Waals surface area (Å²) >= 11 is 0. The summed E-state index contributed by atoms with van der Waals surface area (Å²) < 4.78 is 5.85. The van der Waals surface area contributed by atoms with E-state index < -0.39 is 0 Å². The molecule has 0 aliphatic carbocycles. The molecule has 0 spiro atoms. The second kappa shape index (κ2) is 11.8. The SMILES string of the molecule is CCCCCCCNCc1ccccc1OCCCC. The van der Waals surface area contributed by atoms with Crippen LogP contribution in [0.4, 0.5) is 0 Å². The van der Waals surface area contributed by atoms with Crippen LogP contribution >= 0.6 is 0 Å². The van der Waals surface area contributed by atoms with Crippen molar-refractivity contribution in [3.8, 4) is 5.75 Å². The Bertz CT molecular complexity index is 338. The molecular formula is C18H31NO. The van der Waals surface area contributed by atoms with E-state index in [-0.39, 0.29) is 0 Å². The number of rotatable bonds is 12. The van der Waals surface area contributed by atoms with Crippen LogP contribution < -0.4 is 10.1 Å². The number of unbranched alkanes of at least 4 members (excludes halogenated alkanes) is 5. The molecule has 0 fully saturated rings. The fourth-order valence-corrected chi connectivity index (χ4v) is 2.19. The Morgan fingerprint density at radius 2 is 1.65 bits per heavy atom. The summed E-state index contributed by atoms with van der Waals surface area (Å²) in [5.74, 6) is 1.04. The number of hydrogen-bond donors (Lipinski definition) is 1. The zero-order valence-corrected chi connectivity index (χ0v) is 13.3. The maximum Gasteiger partial charge on any atom is 0.123 e. The number of ether oxygens (including phenoxy) is 1. The van der Waals surface area contributed by atoms with Crippen LogP contribution in [0.15, 0.2) is 24.3 Å². The molecule has 2 nitrogen and oxygen atoms in total. The standard InChI is InChI=1S/C18H31NO/c1-3-5-7-8-11-14-19-16-17-12-9-10-13-18(17)20-15-6-4-2/h9-10,12-13,19H,3-8,11,14-16H2,1-2H3. The van der Waals surface area contributed by atoms with E-state index in [1.165, 1.54) is 44.1 Å². The fraction of sp³-hybridized carbons (Fsp3) is 0.667. The summed E-state index contributed by atoms with van der Waals surface area (Å²) in [4.78, 5) is 0. The summed E-state index contributed by atoms with van der Waals surface area (Å²) in [5.41, 5.74) is 1.28. The van der Waals surface area contributed by atoms with Gasteiger partial charge in [-0.25, -0.2) is 0 Å². The monoisotopic (exact) mass is 277 g/mol. The summed E-state index contributed by atoms with van der Waals surface area (Å²) in [5, 5.41) is 3.53. The Morgan fingerprint density at radius 1 is 0.900 bits per heavy atom. The van der Waals surface area contributed by atoms with Gasteiger partial charge in [0.25, 0.3) is 0 Å². The first-order chi connectivity index (χ1) is 9.88. The third kappa shape index (κ3) is 7.54. The van der Waals surface area contributed by atoms with E-state index >= 15 is 0 Å². The van der Waals surface area contributed by atoms with Crippen LogP contribution in [0.3, 0.4) is 0 Å². The van der Waals surface area contributed by atoms with Gasteiger partial charge in [-0.05, 0) is 25.5 Å². The van der Waals surface area contributed by atoms with Gasteiger partial charge in [0, 0.05) is 12.1 Å². The lowest BCUT2D eigenvalue weighted by molar-refractivity contribution is 0.305. The lowest BCUT2D eigenvalue weighted by Crippen LogP contribution is -2.15. The van der Waals surface area contributed by atoms with Crippen molar-refractivity contribution in [1.29, 1.82) is 0 Å². The summed E-state index contributed by atoms with van der Waals surface area (Å²) in [6.45, 7) is 7.29. The van der Waals surface area contributed by atoms with Crippen LogP contribution in [-0.2, 0) is 6.54 Å². The smallest absolute Gasteiger partial charge is 0.123 e. The first-order valence-corrected chi connectivity index (χ1v) is 8.30. The van der Waals surface area contributed by atoms with Gasteiger partial charge in [-0.2, -0.15) is 0 Å². The molecule has 0 saturated carbocycles. The average molecular weight is 277 g/mol. The third-order valence-electron chi connectivity index (χ3n) is 3.50. The molecule has 2 heteroatoms. The van der Waals surface area contributed by atoms with Gasteiger partial charge in [0.15, 0.2) is 0 Å². The van der Waals surface area contributed by atoms with Crippen molar-refractivity contribution >= 4 is 0 Å². The Balaban J connectivity index is 2.21. The van der Waals surface area contributed by atoms with Crippen LogP contribution in [0.5, 0.6) is 5.75 Å². The van der Waals surface area contributed by atoms with Gasteiger partial charge < -0.3 is 10.1 Å². The molecule has 1 rings (SSSR count). The number of hydrogen-bond acceptors (Lipinski definition) is 2. The Labute approximate surface area is 124 Å². The van der Waals surface area contributed by atoms with E-state index in [9.17, 15) is 0 Å². The van der Waals surface area contributed by atoms with Gasteiger partial charge in [0.1, 0.15) is 5.75 Å². The molecule has 0 heterocycles. The van der Waals surface area contributed by atoms with Crippen molar-refractivity contribution in [3.63, 3.8) is 0 Å². The van der Waals surface area contributed by atoms with Gasteiger partial charge in [0.05, 0.1) is 6.61 Å². The molecule has 1 aromatic rings. The topological polar surface area (TPSA) is 21.3 Å². The minimum Gasteiger partial charge on any atom is -0.493 e. The van der Waals surface area contributed by atoms with E-state index in [2.05, 4.69) is 43.4 Å². The molecule has 0 amide bonds. The molecule has 0 unspecified atom stereocenters. The second-order valence-corrected chi connectivity index (χ2v) is 5.40. The molecule has 0 aromatic heterocycles. The molecule has 20 heavy (non-hydrogen) atoms. The van der Waals surface area contributed by atoms with Crippen LogP contribution in [0.2, 0.25) is 0 Å². The summed E-state index contributed by atoms with van der Waals surface area (Å²) in [7, 11) is 0. The molecule has 114 valence electrons. The molecule has 0 saturated heterocycles. The molecule has 0 bridgehead atoms. The quantitative estimate of drug-likeness (QED) is 0.547. The minimum absolute atomic E-state index is 0.824. The van der Waals surface area contributed by atoms with E-state index in [1.54, 1.807) is 0 Å². The van der Waals surface area contributed by atoms with Gasteiger partial charge in [-0.1, -0.05) is 64.2 Å². The van der Waals surface area contributed by atoms with Crippen molar-refractivity contribution in [2.24, 2.45) is 0 Å². The van der Waals surface area contributed by atoms with Crippen LogP contribution in [0, 0.1) is 0 Å². The highest BCUT2D eigenvalue weighted by Crippen LogP contribution is 2.18. The Morgan fingerprint density at radius 3 is 2.45 bits per heavy atom. The lowest BCUT2D eigenvalue weighted by Gasteiger charge is -2.12. The minimum atomic E-state index is 0.824. The number of para-hydroxylation sites is 1. The number of benzene rings is 1. The van der Waals surface area contributed by atoms with E-state index in [4.69, 9.17) is 4.74 Å². The van der Waals surface area contributed by atoms with E-state index in [0.29, 0.717) is 0 Å². The molecular weight excluding hydrogens is 246 g/mol. The molecule has 1 N–H and O–H groups in total. The largest absolute Gasteiger partial charge is 0.493 e. The molecule has 1 aromatic carbocycles. The van der Waals surface area contributed by atoms with Crippen molar-refractivity contribution < 1.29 is 4.74 Å². The molecule has 0 aliphatic rings. The van der Waals surface area contributed by atoms with Crippen molar-refractivity contribution in [2.75, 3.05) is 13.2 Å². The fourth-order valence-electron chi connectivity index (χ4n) is 2.19.